The van der Waals surface area contributed by atoms with Crippen LogP contribution in [0.5, 0.6) is 0 Å². The van der Waals surface area contributed by atoms with Crippen molar-refractivity contribution in [2.24, 2.45) is 4.99 Å². The summed E-state index contributed by atoms with van der Waals surface area (Å²) >= 11 is 0. The second kappa shape index (κ2) is 8.53. The maximum atomic E-state index is 9.18. The smallest absolute Gasteiger partial charge is 0.191 e. The Bertz CT molecular complexity index is 717. The van der Waals surface area contributed by atoms with Crippen molar-refractivity contribution in [2.75, 3.05) is 13.1 Å². The van der Waals surface area contributed by atoms with Gasteiger partial charge in [0.05, 0.1) is 11.6 Å². The number of benzene rings is 2. The largest absolute Gasteiger partial charge is 0.356 e. The fourth-order valence-corrected chi connectivity index (χ4v) is 2.47. The molecule has 1 aliphatic heterocycles. The van der Waals surface area contributed by atoms with Gasteiger partial charge in [-0.2, -0.15) is 5.26 Å². The van der Waals surface area contributed by atoms with Crippen LogP contribution in [-0.4, -0.2) is 19.0 Å². The van der Waals surface area contributed by atoms with Crippen LogP contribution in [0.15, 0.2) is 53.5 Å². The molecule has 3 rings (SSSR count). The van der Waals surface area contributed by atoms with Crippen LogP contribution in [0.1, 0.15) is 17.5 Å². The van der Waals surface area contributed by atoms with E-state index in [0.29, 0.717) is 5.56 Å². The standard InChI is InChI=1S/C18H18N4.HI/c19-12-16-4-1-2-5-17(16)15-8-6-14(7-9-15)13-22-18-20-10-3-11-21-18;/h1-2,4-9H,3,10-11,13H2,(H2,20,21,22);1H. The van der Waals surface area contributed by atoms with Crippen LogP contribution in [0.2, 0.25) is 0 Å². The summed E-state index contributed by atoms with van der Waals surface area (Å²) in [5.41, 5.74) is 3.93. The molecule has 2 N–H and O–H groups in total. The summed E-state index contributed by atoms with van der Waals surface area (Å²) in [4.78, 5) is 4.39. The molecule has 0 radical (unpaired) electrons. The lowest BCUT2D eigenvalue weighted by atomic mass is 9.99. The second-order valence-electron chi connectivity index (χ2n) is 5.22. The van der Waals surface area contributed by atoms with E-state index in [-0.39, 0.29) is 24.0 Å². The molecule has 0 saturated heterocycles. The van der Waals surface area contributed by atoms with Crippen molar-refractivity contribution >= 4 is 29.9 Å². The van der Waals surface area contributed by atoms with Gasteiger partial charge in [0.25, 0.3) is 0 Å². The van der Waals surface area contributed by atoms with Crippen LogP contribution in [0.3, 0.4) is 0 Å². The number of nitrogens with one attached hydrogen (secondary N) is 2. The lowest BCUT2D eigenvalue weighted by Gasteiger charge is -2.16. The third-order valence-corrected chi connectivity index (χ3v) is 3.67. The maximum absolute atomic E-state index is 9.18. The predicted molar refractivity (Wildman–Crippen MR) is 104 cm³/mol. The molecule has 1 aliphatic rings. The van der Waals surface area contributed by atoms with E-state index in [2.05, 4.69) is 46.0 Å². The Labute approximate surface area is 153 Å². The minimum atomic E-state index is 0. The van der Waals surface area contributed by atoms with Crippen molar-refractivity contribution in [1.29, 1.82) is 5.26 Å². The van der Waals surface area contributed by atoms with Crippen LogP contribution < -0.4 is 10.6 Å². The van der Waals surface area contributed by atoms with Gasteiger partial charge in [-0.1, -0.05) is 42.5 Å². The van der Waals surface area contributed by atoms with Crippen LogP contribution in [0, 0.1) is 11.3 Å². The molecule has 5 heteroatoms. The molecule has 0 fully saturated rings. The van der Waals surface area contributed by atoms with Crippen molar-refractivity contribution < 1.29 is 0 Å². The molecule has 1 heterocycles. The Morgan fingerprint density at radius 3 is 2.61 bits per heavy atom. The van der Waals surface area contributed by atoms with E-state index in [1.165, 1.54) is 5.56 Å². The third-order valence-electron chi connectivity index (χ3n) is 3.67. The molecular formula is C18H19IN4. The number of hydrogen-bond acceptors (Lipinski definition) is 4. The van der Waals surface area contributed by atoms with Gasteiger partial charge in [-0.05, 0) is 29.2 Å². The number of guanidine groups is 1. The number of aliphatic imine (C=N–C) groups is 1. The molecule has 0 amide bonds. The van der Waals surface area contributed by atoms with E-state index in [9.17, 15) is 5.26 Å². The Hall–Kier alpha value is -2.07. The van der Waals surface area contributed by atoms with Crippen molar-refractivity contribution in [3.63, 3.8) is 0 Å². The average Bonchev–Trinajstić information content (AvgIpc) is 2.61. The molecule has 4 nitrogen and oxygen atoms in total. The molecule has 118 valence electrons. The lowest BCUT2D eigenvalue weighted by Crippen LogP contribution is -2.40. The first kappa shape index (κ1) is 17.3. The summed E-state index contributed by atoms with van der Waals surface area (Å²) in [6.07, 6.45) is 1.10. The van der Waals surface area contributed by atoms with Gasteiger partial charge < -0.3 is 10.6 Å². The zero-order valence-corrected chi connectivity index (χ0v) is 15.1. The first-order valence-corrected chi connectivity index (χ1v) is 7.47. The molecule has 0 unspecified atom stereocenters. The fourth-order valence-electron chi connectivity index (χ4n) is 2.47. The van der Waals surface area contributed by atoms with Gasteiger partial charge in [-0.3, -0.25) is 4.99 Å². The van der Waals surface area contributed by atoms with E-state index in [0.717, 1.165) is 43.1 Å². The van der Waals surface area contributed by atoms with E-state index in [1.807, 2.05) is 24.3 Å². The fraction of sp³-hybridized carbons (Fsp3) is 0.222. The Morgan fingerprint density at radius 1 is 1.13 bits per heavy atom. The van der Waals surface area contributed by atoms with Crippen molar-refractivity contribution in [2.45, 2.75) is 13.0 Å². The van der Waals surface area contributed by atoms with Crippen molar-refractivity contribution in [1.82, 2.24) is 10.6 Å². The summed E-state index contributed by atoms with van der Waals surface area (Å²) in [5, 5.41) is 15.7. The van der Waals surface area contributed by atoms with Gasteiger partial charge in [0.1, 0.15) is 0 Å². The van der Waals surface area contributed by atoms with Gasteiger partial charge >= 0.3 is 0 Å². The SMILES string of the molecule is I.N#Cc1ccccc1-c1ccc(CNC2=NCCCN2)cc1. The molecule has 0 atom stereocenters. The van der Waals surface area contributed by atoms with Crippen LogP contribution >= 0.6 is 24.0 Å². The second-order valence-corrected chi connectivity index (χ2v) is 5.22. The van der Waals surface area contributed by atoms with E-state index < -0.39 is 0 Å². The number of nitriles is 1. The number of rotatable bonds is 3. The van der Waals surface area contributed by atoms with Gasteiger partial charge in [-0.25, -0.2) is 0 Å². The molecule has 0 spiro atoms. The zero-order valence-electron chi connectivity index (χ0n) is 12.7. The summed E-state index contributed by atoms with van der Waals surface area (Å²) < 4.78 is 0. The normalized spacial score (nSPS) is 13.1. The van der Waals surface area contributed by atoms with E-state index in [1.54, 1.807) is 0 Å². The first-order valence-electron chi connectivity index (χ1n) is 7.47. The Morgan fingerprint density at radius 2 is 1.91 bits per heavy atom. The summed E-state index contributed by atoms with van der Waals surface area (Å²) in [6.45, 7) is 2.61. The minimum absolute atomic E-state index is 0. The average molecular weight is 418 g/mol. The highest BCUT2D eigenvalue weighted by Crippen LogP contribution is 2.23. The Balaban J connectivity index is 0.00000192. The number of hydrogen-bond donors (Lipinski definition) is 2. The van der Waals surface area contributed by atoms with E-state index in [4.69, 9.17) is 0 Å². The van der Waals surface area contributed by atoms with Crippen molar-refractivity contribution in [3.8, 4) is 17.2 Å². The number of halogens is 1. The van der Waals surface area contributed by atoms with Gasteiger partial charge in [-0.15, -0.1) is 24.0 Å². The van der Waals surface area contributed by atoms with Crippen LogP contribution in [0.4, 0.5) is 0 Å². The van der Waals surface area contributed by atoms with E-state index >= 15 is 0 Å². The summed E-state index contributed by atoms with van der Waals surface area (Å²) in [7, 11) is 0. The molecule has 0 bridgehead atoms. The summed E-state index contributed by atoms with van der Waals surface area (Å²) in [6, 6.07) is 18.2. The maximum Gasteiger partial charge on any atom is 0.191 e. The lowest BCUT2D eigenvalue weighted by molar-refractivity contribution is 0.702. The van der Waals surface area contributed by atoms with Crippen molar-refractivity contribution in [3.05, 3.63) is 59.7 Å². The van der Waals surface area contributed by atoms with Gasteiger partial charge in [0, 0.05) is 19.6 Å². The highest BCUT2D eigenvalue weighted by molar-refractivity contribution is 14.0. The minimum Gasteiger partial charge on any atom is -0.356 e. The molecular weight excluding hydrogens is 399 g/mol. The highest BCUT2D eigenvalue weighted by Gasteiger charge is 2.05. The zero-order chi connectivity index (χ0) is 15.2. The monoisotopic (exact) mass is 418 g/mol. The van der Waals surface area contributed by atoms with Crippen LogP contribution in [0.25, 0.3) is 11.1 Å². The molecule has 0 saturated carbocycles. The predicted octanol–water partition coefficient (Wildman–Crippen LogP) is 3.28. The highest BCUT2D eigenvalue weighted by atomic mass is 127. The first-order chi connectivity index (χ1) is 10.9. The van der Waals surface area contributed by atoms with Gasteiger partial charge in [0.2, 0.25) is 0 Å². The third kappa shape index (κ3) is 4.45. The molecule has 2 aromatic rings. The molecule has 0 aliphatic carbocycles. The summed E-state index contributed by atoms with van der Waals surface area (Å²) in [5.74, 6) is 0.880. The van der Waals surface area contributed by atoms with Crippen LogP contribution in [-0.2, 0) is 6.54 Å². The van der Waals surface area contributed by atoms with Gasteiger partial charge in [0.15, 0.2) is 5.96 Å². The quantitative estimate of drug-likeness (QED) is 0.753. The molecule has 2 aromatic carbocycles. The topological polar surface area (TPSA) is 60.2 Å². The molecule has 23 heavy (non-hydrogen) atoms. The number of nitrogens with zero attached hydrogens (tertiary/aromatic N) is 2. The molecule has 0 aromatic heterocycles. The Kier molecular flexibility index (Phi) is 6.41.